The number of hydrogen-bond acceptors (Lipinski definition) is 3. The number of nitrogens with zero attached hydrogens (tertiary/aromatic N) is 1. The lowest BCUT2D eigenvalue weighted by atomic mass is 9.96. The van der Waals surface area contributed by atoms with Crippen molar-refractivity contribution in [2.75, 3.05) is 20.7 Å². The molecule has 4 heteroatoms. The maximum atomic E-state index is 12.5. The Labute approximate surface area is 143 Å². The van der Waals surface area contributed by atoms with Crippen LogP contribution in [0.3, 0.4) is 0 Å². The summed E-state index contributed by atoms with van der Waals surface area (Å²) >= 11 is 0. The van der Waals surface area contributed by atoms with Crippen LogP contribution in [0.2, 0.25) is 0 Å². The molecule has 0 saturated carbocycles. The monoisotopic (exact) mass is 324 g/mol. The standard InChI is InChI=1S/C20H24N2O2/c1-22(2)13-17-9-4-3-8-16(17)12-21-20(23)18-11-15-7-5-6-10-19(15)24-14-18/h3-10,18H,11-14H2,1-2H3,(H,21,23). The van der Waals surface area contributed by atoms with Gasteiger partial charge in [0.25, 0.3) is 0 Å². The van der Waals surface area contributed by atoms with Gasteiger partial charge in [-0.3, -0.25) is 4.79 Å². The number of rotatable bonds is 5. The van der Waals surface area contributed by atoms with E-state index in [1.165, 1.54) is 5.56 Å². The number of hydrogen-bond donors (Lipinski definition) is 1. The van der Waals surface area contributed by atoms with Crippen LogP contribution in [-0.2, 0) is 24.3 Å². The number of benzene rings is 2. The normalized spacial score (nSPS) is 16.4. The van der Waals surface area contributed by atoms with E-state index in [0.29, 0.717) is 13.2 Å². The van der Waals surface area contributed by atoms with Crippen LogP contribution in [-0.4, -0.2) is 31.5 Å². The van der Waals surface area contributed by atoms with E-state index in [-0.39, 0.29) is 11.8 Å². The second kappa shape index (κ2) is 7.49. The van der Waals surface area contributed by atoms with E-state index in [0.717, 1.165) is 29.8 Å². The molecule has 1 amide bonds. The molecule has 0 radical (unpaired) electrons. The van der Waals surface area contributed by atoms with Crippen molar-refractivity contribution in [3.63, 3.8) is 0 Å². The molecule has 1 heterocycles. The van der Waals surface area contributed by atoms with Crippen LogP contribution in [0.15, 0.2) is 48.5 Å². The number of ether oxygens (including phenoxy) is 1. The Bertz CT molecular complexity index is 712. The fraction of sp³-hybridized carbons (Fsp3) is 0.350. The maximum Gasteiger partial charge on any atom is 0.227 e. The largest absolute Gasteiger partial charge is 0.492 e. The Balaban J connectivity index is 1.61. The molecule has 2 aromatic rings. The highest BCUT2D eigenvalue weighted by atomic mass is 16.5. The van der Waals surface area contributed by atoms with Gasteiger partial charge in [0.05, 0.1) is 5.92 Å². The van der Waals surface area contributed by atoms with Gasteiger partial charge in [-0.1, -0.05) is 42.5 Å². The van der Waals surface area contributed by atoms with E-state index in [1.54, 1.807) is 0 Å². The highest BCUT2D eigenvalue weighted by Gasteiger charge is 2.25. The summed E-state index contributed by atoms with van der Waals surface area (Å²) in [4.78, 5) is 14.6. The molecule has 0 aromatic heterocycles. The number of fused-ring (bicyclic) bond motifs is 1. The average Bonchev–Trinajstić information content (AvgIpc) is 2.60. The Morgan fingerprint density at radius 3 is 2.62 bits per heavy atom. The number of nitrogens with one attached hydrogen (secondary N) is 1. The van der Waals surface area contributed by atoms with Crippen LogP contribution in [0.1, 0.15) is 16.7 Å². The number of para-hydroxylation sites is 1. The van der Waals surface area contributed by atoms with Crippen molar-refractivity contribution in [1.29, 1.82) is 0 Å². The first-order valence-corrected chi connectivity index (χ1v) is 8.33. The van der Waals surface area contributed by atoms with Gasteiger partial charge in [-0.15, -0.1) is 0 Å². The summed E-state index contributed by atoms with van der Waals surface area (Å²) < 4.78 is 5.72. The van der Waals surface area contributed by atoms with E-state index >= 15 is 0 Å². The van der Waals surface area contributed by atoms with Gasteiger partial charge in [-0.2, -0.15) is 0 Å². The van der Waals surface area contributed by atoms with E-state index in [2.05, 4.69) is 22.3 Å². The number of carbonyl (C=O) groups excluding carboxylic acids is 1. The molecule has 4 nitrogen and oxygen atoms in total. The molecule has 0 bridgehead atoms. The fourth-order valence-electron chi connectivity index (χ4n) is 3.05. The molecule has 1 aliphatic rings. The van der Waals surface area contributed by atoms with Gasteiger partial charge in [0, 0.05) is 13.1 Å². The molecular weight excluding hydrogens is 300 g/mol. The minimum atomic E-state index is -0.124. The molecule has 0 aliphatic carbocycles. The quantitative estimate of drug-likeness (QED) is 0.919. The SMILES string of the molecule is CN(C)Cc1ccccc1CNC(=O)C1COc2ccccc2C1. The minimum absolute atomic E-state index is 0.0594. The lowest BCUT2D eigenvalue weighted by Gasteiger charge is -2.24. The lowest BCUT2D eigenvalue weighted by Crippen LogP contribution is -2.37. The maximum absolute atomic E-state index is 12.5. The summed E-state index contributed by atoms with van der Waals surface area (Å²) in [5.74, 6) is 0.836. The summed E-state index contributed by atoms with van der Waals surface area (Å²) in [6.45, 7) is 1.87. The van der Waals surface area contributed by atoms with Gasteiger partial charge >= 0.3 is 0 Å². The Hall–Kier alpha value is -2.33. The summed E-state index contributed by atoms with van der Waals surface area (Å²) in [6, 6.07) is 16.2. The molecule has 3 rings (SSSR count). The average molecular weight is 324 g/mol. The molecule has 0 fully saturated rings. The molecule has 1 atom stereocenters. The second-order valence-electron chi connectivity index (χ2n) is 6.54. The zero-order valence-corrected chi connectivity index (χ0v) is 14.3. The van der Waals surface area contributed by atoms with Crippen molar-refractivity contribution < 1.29 is 9.53 Å². The third-order valence-corrected chi connectivity index (χ3v) is 4.31. The van der Waals surface area contributed by atoms with E-state index < -0.39 is 0 Å². The van der Waals surface area contributed by atoms with Crippen molar-refractivity contribution >= 4 is 5.91 Å². The third kappa shape index (κ3) is 3.95. The first kappa shape index (κ1) is 16.5. The first-order valence-electron chi connectivity index (χ1n) is 8.33. The zero-order chi connectivity index (χ0) is 16.9. The molecule has 24 heavy (non-hydrogen) atoms. The van der Waals surface area contributed by atoms with Gasteiger partial charge in [0.2, 0.25) is 5.91 Å². The number of amides is 1. The zero-order valence-electron chi connectivity index (χ0n) is 14.3. The van der Waals surface area contributed by atoms with Crippen molar-refractivity contribution in [3.8, 4) is 5.75 Å². The molecule has 0 spiro atoms. The molecule has 1 unspecified atom stereocenters. The summed E-state index contributed by atoms with van der Waals surface area (Å²) in [5, 5.41) is 3.08. The smallest absolute Gasteiger partial charge is 0.227 e. The van der Waals surface area contributed by atoms with Crippen LogP contribution in [0, 0.1) is 5.92 Å². The Kier molecular flexibility index (Phi) is 5.16. The number of carbonyl (C=O) groups is 1. The van der Waals surface area contributed by atoms with Crippen LogP contribution in [0.5, 0.6) is 5.75 Å². The van der Waals surface area contributed by atoms with Crippen molar-refractivity contribution in [2.24, 2.45) is 5.92 Å². The van der Waals surface area contributed by atoms with Crippen LogP contribution in [0.25, 0.3) is 0 Å². The summed E-state index contributed by atoms with van der Waals surface area (Å²) in [7, 11) is 4.10. The topological polar surface area (TPSA) is 41.6 Å². The molecule has 1 N–H and O–H groups in total. The Morgan fingerprint density at radius 2 is 1.83 bits per heavy atom. The second-order valence-corrected chi connectivity index (χ2v) is 6.54. The summed E-state index contributed by atoms with van der Waals surface area (Å²) in [6.07, 6.45) is 0.737. The lowest BCUT2D eigenvalue weighted by molar-refractivity contribution is -0.126. The molecule has 126 valence electrons. The predicted octanol–water partition coefficient (Wildman–Crippen LogP) is 2.62. The first-order chi connectivity index (χ1) is 11.6. The molecule has 1 aliphatic heterocycles. The molecular formula is C20H24N2O2. The minimum Gasteiger partial charge on any atom is -0.492 e. The van der Waals surface area contributed by atoms with Gasteiger partial charge < -0.3 is 15.0 Å². The van der Waals surface area contributed by atoms with Gasteiger partial charge in [-0.25, -0.2) is 0 Å². The highest BCUT2D eigenvalue weighted by molar-refractivity contribution is 5.79. The van der Waals surface area contributed by atoms with E-state index in [4.69, 9.17) is 4.74 Å². The molecule has 0 saturated heterocycles. The van der Waals surface area contributed by atoms with Crippen LogP contribution >= 0.6 is 0 Å². The summed E-state index contributed by atoms with van der Waals surface area (Å²) in [5.41, 5.74) is 3.52. The van der Waals surface area contributed by atoms with Crippen molar-refractivity contribution in [3.05, 3.63) is 65.2 Å². The van der Waals surface area contributed by atoms with Gasteiger partial charge in [0.1, 0.15) is 12.4 Å². The fourth-order valence-corrected chi connectivity index (χ4v) is 3.05. The van der Waals surface area contributed by atoms with Crippen molar-refractivity contribution in [2.45, 2.75) is 19.5 Å². The van der Waals surface area contributed by atoms with E-state index in [1.807, 2.05) is 50.5 Å². The van der Waals surface area contributed by atoms with Gasteiger partial charge in [0.15, 0.2) is 0 Å². The van der Waals surface area contributed by atoms with Crippen LogP contribution < -0.4 is 10.1 Å². The third-order valence-electron chi connectivity index (χ3n) is 4.31. The van der Waals surface area contributed by atoms with Crippen molar-refractivity contribution in [1.82, 2.24) is 10.2 Å². The molecule has 2 aromatic carbocycles. The highest BCUT2D eigenvalue weighted by Crippen LogP contribution is 2.26. The van der Waals surface area contributed by atoms with Crippen LogP contribution in [0.4, 0.5) is 0 Å². The van der Waals surface area contributed by atoms with E-state index in [9.17, 15) is 4.79 Å². The van der Waals surface area contributed by atoms with Gasteiger partial charge in [-0.05, 0) is 43.3 Å². The predicted molar refractivity (Wildman–Crippen MR) is 94.8 cm³/mol. The Morgan fingerprint density at radius 1 is 1.12 bits per heavy atom.